The van der Waals surface area contributed by atoms with Gasteiger partial charge in [-0.05, 0) is 61.7 Å². The third-order valence-electron chi connectivity index (χ3n) is 9.39. The van der Waals surface area contributed by atoms with Crippen LogP contribution in [0.15, 0.2) is 23.8 Å². The monoisotopic (exact) mass is 498 g/mol. The van der Waals surface area contributed by atoms with E-state index in [9.17, 15) is 37.8 Å². The predicted octanol–water partition coefficient (Wildman–Crippen LogP) is 3.70. The number of carbonyl (C=O) groups excluding carboxylic acids is 3. The van der Waals surface area contributed by atoms with E-state index >= 15 is 0 Å². The normalized spacial score (nSPS) is 42.6. The van der Waals surface area contributed by atoms with Gasteiger partial charge in [0.2, 0.25) is 5.78 Å². The van der Waals surface area contributed by atoms with Crippen molar-refractivity contribution in [3.8, 4) is 0 Å². The highest BCUT2D eigenvalue weighted by Gasteiger charge is 2.72. The van der Waals surface area contributed by atoms with Crippen molar-refractivity contribution in [3.63, 3.8) is 0 Å². The van der Waals surface area contributed by atoms with E-state index in [1.807, 2.05) is 0 Å². The first-order valence-corrected chi connectivity index (χ1v) is 12.3. The topological polar surface area (TPSA) is 101 Å². The van der Waals surface area contributed by atoms with Gasteiger partial charge in [-0.25, -0.2) is 0 Å². The SMILES string of the molecule is CCCC(=O)O[C@]1(C(=O)CO)CC[C@H]2[C@@H]3C[C@H](C(F)(F)F)C4=CC(=O)C=C[C@]4(C)[C@H]3C(O)C[C@@]21C. The number of hydrogen-bond donors (Lipinski definition) is 2. The maximum Gasteiger partial charge on any atom is 0.395 e. The fraction of sp³-hybridized carbons (Fsp3) is 0.731. The number of ketones is 2. The van der Waals surface area contributed by atoms with Crippen molar-refractivity contribution < 1.29 is 42.5 Å². The quantitative estimate of drug-likeness (QED) is 0.561. The average molecular weight is 499 g/mol. The molecule has 2 N–H and O–H groups in total. The molecule has 0 heterocycles. The third-order valence-corrected chi connectivity index (χ3v) is 9.39. The Labute approximate surface area is 202 Å². The van der Waals surface area contributed by atoms with Crippen LogP contribution in [-0.4, -0.2) is 52.2 Å². The highest BCUT2D eigenvalue weighted by molar-refractivity contribution is 6.01. The van der Waals surface area contributed by atoms with Crippen LogP contribution in [0, 0.1) is 34.5 Å². The second-order valence-electron chi connectivity index (χ2n) is 11.1. The average Bonchev–Trinajstić information content (AvgIpc) is 3.04. The molecule has 0 spiro atoms. The van der Waals surface area contributed by atoms with Crippen molar-refractivity contribution in [1.82, 2.24) is 0 Å². The van der Waals surface area contributed by atoms with Crippen LogP contribution in [0.25, 0.3) is 0 Å². The first-order valence-electron chi connectivity index (χ1n) is 12.3. The molecule has 0 radical (unpaired) electrons. The van der Waals surface area contributed by atoms with Gasteiger partial charge in [0.25, 0.3) is 0 Å². The molecule has 0 bridgehead atoms. The van der Waals surface area contributed by atoms with Gasteiger partial charge in [0.1, 0.15) is 6.61 Å². The van der Waals surface area contributed by atoms with Crippen LogP contribution in [0.5, 0.6) is 0 Å². The summed E-state index contributed by atoms with van der Waals surface area (Å²) in [6, 6.07) is 0. The molecule has 194 valence electrons. The Morgan fingerprint density at radius 1 is 1.26 bits per heavy atom. The molecule has 3 fully saturated rings. The van der Waals surface area contributed by atoms with Gasteiger partial charge in [-0.3, -0.25) is 14.4 Å². The van der Waals surface area contributed by atoms with E-state index < -0.39 is 76.5 Å². The zero-order valence-electron chi connectivity index (χ0n) is 20.2. The lowest BCUT2D eigenvalue weighted by atomic mass is 9.44. The molecular formula is C26H33F3O6. The van der Waals surface area contributed by atoms with Gasteiger partial charge in [-0.1, -0.05) is 26.8 Å². The number of aliphatic hydroxyl groups excluding tert-OH is 2. The van der Waals surface area contributed by atoms with E-state index in [0.717, 1.165) is 6.08 Å². The summed E-state index contributed by atoms with van der Waals surface area (Å²) in [6.45, 7) is 4.26. The lowest BCUT2D eigenvalue weighted by Crippen LogP contribution is -2.64. The third kappa shape index (κ3) is 3.72. The molecule has 0 amide bonds. The fourth-order valence-corrected chi connectivity index (χ4v) is 7.97. The van der Waals surface area contributed by atoms with Crippen LogP contribution in [-0.2, 0) is 19.1 Å². The minimum atomic E-state index is -4.59. The molecule has 0 aromatic carbocycles. The largest absolute Gasteiger partial charge is 0.450 e. The molecule has 6 nitrogen and oxygen atoms in total. The van der Waals surface area contributed by atoms with Gasteiger partial charge in [0.05, 0.1) is 12.0 Å². The second-order valence-corrected chi connectivity index (χ2v) is 11.1. The summed E-state index contributed by atoms with van der Waals surface area (Å²) in [4.78, 5) is 37.7. The van der Waals surface area contributed by atoms with E-state index in [1.54, 1.807) is 20.8 Å². The maximum atomic E-state index is 14.3. The number of halogens is 3. The van der Waals surface area contributed by atoms with Gasteiger partial charge in [-0.2, -0.15) is 13.2 Å². The smallest absolute Gasteiger partial charge is 0.395 e. The number of hydrogen-bond acceptors (Lipinski definition) is 6. The highest BCUT2D eigenvalue weighted by atomic mass is 19.4. The highest BCUT2D eigenvalue weighted by Crippen LogP contribution is 2.69. The van der Waals surface area contributed by atoms with Gasteiger partial charge < -0.3 is 14.9 Å². The Hall–Kier alpha value is -2.00. The summed E-state index contributed by atoms with van der Waals surface area (Å²) in [6.07, 6.45) is -1.18. The fourth-order valence-electron chi connectivity index (χ4n) is 7.97. The maximum absolute atomic E-state index is 14.3. The van der Waals surface area contributed by atoms with Crippen LogP contribution in [0.2, 0.25) is 0 Å². The molecule has 8 atom stereocenters. The standard InChI is InChI=1S/C26H33F3O6/c1-4-5-21(34)35-25(20(33)13-30)9-7-16-15-11-18(26(27,28)29)17-10-14(31)6-8-23(17,2)22(15)19(32)12-24(16,25)3/h6,8,10,15-16,18-19,22,30,32H,4-5,7,9,11-13H2,1-3H3/t15-,16-,18-,19?,22+,23-,24-,25-/m0/s1. The summed E-state index contributed by atoms with van der Waals surface area (Å²) in [7, 11) is 0. The second kappa shape index (κ2) is 8.54. The zero-order valence-corrected chi connectivity index (χ0v) is 20.2. The van der Waals surface area contributed by atoms with Gasteiger partial charge >= 0.3 is 12.1 Å². The van der Waals surface area contributed by atoms with E-state index in [4.69, 9.17) is 4.74 Å². The lowest BCUT2D eigenvalue weighted by Gasteiger charge is -2.61. The summed E-state index contributed by atoms with van der Waals surface area (Å²) in [5.74, 6) is -5.32. The van der Waals surface area contributed by atoms with Gasteiger partial charge in [-0.15, -0.1) is 0 Å². The Morgan fingerprint density at radius 2 is 1.94 bits per heavy atom. The number of esters is 1. The number of fused-ring (bicyclic) bond motifs is 5. The molecule has 1 unspecified atom stereocenters. The number of ether oxygens (including phenoxy) is 1. The molecule has 0 aromatic heterocycles. The minimum absolute atomic E-state index is 0.0218. The minimum Gasteiger partial charge on any atom is -0.450 e. The van der Waals surface area contributed by atoms with E-state index in [0.29, 0.717) is 12.8 Å². The zero-order chi connectivity index (χ0) is 26.0. The summed E-state index contributed by atoms with van der Waals surface area (Å²) < 4.78 is 48.7. The van der Waals surface area contributed by atoms with E-state index in [2.05, 4.69) is 0 Å². The molecule has 0 aromatic rings. The van der Waals surface area contributed by atoms with Crippen LogP contribution in [0.4, 0.5) is 13.2 Å². The Kier molecular flexibility index (Phi) is 6.36. The molecule has 3 saturated carbocycles. The van der Waals surface area contributed by atoms with Crippen LogP contribution < -0.4 is 0 Å². The number of allylic oxidation sites excluding steroid dienone is 4. The van der Waals surface area contributed by atoms with Crippen molar-refractivity contribution >= 4 is 17.5 Å². The molecule has 0 saturated heterocycles. The molecule has 4 rings (SSSR count). The van der Waals surface area contributed by atoms with Crippen LogP contribution in [0.1, 0.15) is 59.3 Å². The number of Topliss-reactive ketones (excluding diaryl/α,β-unsaturated/α-hetero) is 1. The van der Waals surface area contributed by atoms with Crippen molar-refractivity contribution in [2.24, 2.45) is 34.5 Å². The Morgan fingerprint density at radius 3 is 2.54 bits per heavy atom. The number of alkyl halides is 3. The van der Waals surface area contributed by atoms with E-state index in [-0.39, 0.29) is 31.3 Å². The van der Waals surface area contributed by atoms with Gasteiger partial charge in [0.15, 0.2) is 11.4 Å². The molecule has 0 aliphatic heterocycles. The molecule has 4 aliphatic rings. The number of aliphatic hydroxyl groups is 2. The molecule has 35 heavy (non-hydrogen) atoms. The van der Waals surface area contributed by atoms with Crippen molar-refractivity contribution in [1.29, 1.82) is 0 Å². The lowest BCUT2D eigenvalue weighted by molar-refractivity contribution is -0.217. The predicted molar refractivity (Wildman–Crippen MR) is 119 cm³/mol. The Bertz CT molecular complexity index is 986. The summed E-state index contributed by atoms with van der Waals surface area (Å²) >= 11 is 0. The first kappa shape index (κ1) is 26.1. The van der Waals surface area contributed by atoms with Gasteiger partial charge in [0, 0.05) is 23.2 Å². The van der Waals surface area contributed by atoms with Crippen molar-refractivity contribution in [2.45, 2.75) is 77.2 Å². The van der Waals surface area contributed by atoms with Crippen LogP contribution in [0.3, 0.4) is 0 Å². The van der Waals surface area contributed by atoms with Crippen molar-refractivity contribution in [2.75, 3.05) is 6.61 Å². The molecule has 4 aliphatic carbocycles. The molecular weight excluding hydrogens is 465 g/mol. The molecule has 9 heteroatoms. The Balaban J connectivity index is 1.82. The van der Waals surface area contributed by atoms with E-state index in [1.165, 1.54) is 12.2 Å². The number of carbonyl (C=O) groups is 3. The first-order chi connectivity index (χ1) is 16.2. The van der Waals surface area contributed by atoms with Crippen LogP contribution >= 0.6 is 0 Å². The summed E-state index contributed by atoms with van der Waals surface area (Å²) in [5, 5.41) is 21.2. The van der Waals surface area contributed by atoms with Crippen molar-refractivity contribution in [3.05, 3.63) is 23.8 Å². The summed E-state index contributed by atoms with van der Waals surface area (Å²) in [5.41, 5.74) is -4.04. The number of rotatable bonds is 5.